The fourth-order valence-electron chi connectivity index (χ4n) is 2.51. The van der Waals surface area contributed by atoms with Crippen molar-refractivity contribution in [1.29, 1.82) is 0 Å². The molecule has 1 N–H and O–H groups in total. The SMILES string of the molecule is Cc1ccccc1C(O)COC1CCCCC1. The number of aryl methyl sites for hydroxylation is 1. The molecular formula is C15H22O2. The topological polar surface area (TPSA) is 29.5 Å². The molecule has 1 saturated carbocycles. The lowest BCUT2D eigenvalue weighted by atomic mass is 9.97. The van der Waals surface area contributed by atoms with Gasteiger partial charge in [-0.1, -0.05) is 43.5 Å². The molecule has 1 aliphatic rings. The Kier molecular flexibility index (Phi) is 4.57. The molecule has 1 aliphatic carbocycles. The third-order valence-electron chi connectivity index (χ3n) is 3.59. The van der Waals surface area contributed by atoms with Gasteiger partial charge in [-0.2, -0.15) is 0 Å². The van der Waals surface area contributed by atoms with Gasteiger partial charge in [0.1, 0.15) is 6.10 Å². The maximum atomic E-state index is 10.1. The Hall–Kier alpha value is -0.860. The van der Waals surface area contributed by atoms with Crippen molar-refractivity contribution in [2.75, 3.05) is 6.61 Å². The van der Waals surface area contributed by atoms with Crippen LogP contribution in [0.1, 0.15) is 49.3 Å². The van der Waals surface area contributed by atoms with Crippen LogP contribution in [0.4, 0.5) is 0 Å². The fraction of sp³-hybridized carbons (Fsp3) is 0.600. The summed E-state index contributed by atoms with van der Waals surface area (Å²) >= 11 is 0. The van der Waals surface area contributed by atoms with E-state index >= 15 is 0 Å². The van der Waals surface area contributed by atoms with Gasteiger partial charge in [-0.15, -0.1) is 0 Å². The van der Waals surface area contributed by atoms with E-state index in [0.717, 1.165) is 24.0 Å². The maximum Gasteiger partial charge on any atom is 0.103 e. The van der Waals surface area contributed by atoms with Gasteiger partial charge in [0.15, 0.2) is 0 Å². The van der Waals surface area contributed by atoms with Gasteiger partial charge in [-0.25, -0.2) is 0 Å². The summed E-state index contributed by atoms with van der Waals surface area (Å²) in [4.78, 5) is 0. The predicted molar refractivity (Wildman–Crippen MR) is 69.0 cm³/mol. The van der Waals surface area contributed by atoms with Crippen molar-refractivity contribution in [3.63, 3.8) is 0 Å². The summed E-state index contributed by atoms with van der Waals surface area (Å²) in [6.07, 6.45) is 6.05. The van der Waals surface area contributed by atoms with Gasteiger partial charge in [0, 0.05) is 0 Å². The number of hydrogen-bond donors (Lipinski definition) is 1. The Morgan fingerprint density at radius 1 is 1.24 bits per heavy atom. The average Bonchev–Trinajstić information content (AvgIpc) is 2.38. The fourth-order valence-corrected chi connectivity index (χ4v) is 2.51. The first-order chi connectivity index (χ1) is 8.27. The van der Waals surface area contributed by atoms with Gasteiger partial charge in [0.2, 0.25) is 0 Å². The Bertz CT molecular complexity index is 343. The first-order valence-corrected chi connectivity index (χ1v) is 6.62. The van der Waals surface area contributed by atoms with Crippen LogP contribution in [0.2, 0.25) is 0 Å². The molecule has 1 unspecified atom stereocenters. The number of ether oxygens (including phenoxy) is 1. The molecular weight excluding hydrogens is 212 g/mol. The summed E-state index contributed by atoms with van der Waals surface area (Å²) in [5.74, 6) is 0. The zero-order valence-electron chi connectivity index (χ0n) is 10.6. The molecule has 0 amide bonds. The van der Waals surface area contributed by atoms with Gasteiger partial charge in [0.05, 0.1) is 12.7 Å². The Balaban J connectivity index is 1.84. The van der Waals surface area contributed by atoms with E-state index in [9.17, 15) is 5.11 Å². The van der Waals surface area contributed by atoms with Crippen LogP contribution in [-0.4, -0.2) is 17.8 Å². The molecule has 2 heteroatoms. The molecule has 0 radical (unpaired) electrons. The summed E-state index contributed by atoms with van der Waals surface area (Å²) < 4.78 is 5.80. The van der Waals surface area contributed by atoms with Crippen LogP contribution in [0.15, 0.2) is 24.3 Å². The van der Waals surface area contributed by atoms with Crippen LogP contribution >= 0.6 is 0 Å². The highest BCUT2D eigenvalue weighted by Crippen LogP contribution is 2.23. The number of aliphatic hydroxyl groups excluding tert-OH is 1. The average molecular weight is 234 g/mol. The van der Waals surface area contributed by atoms with Crippen molar-refractivity contribution in [2.45, 2.75) is 51.2 Å². The molecule has 2 rings (SSSR count). The Morgan fingerprint density at radius 2 is 1.94 bits per heavy atom. The molecule has 1 atom stereocenters. The zero-order chi connectivity index (χ0) is 12.1. The molecule has 0 aromatic heterocycles. The zero-order valence-corrected chi connectivity index (χ0v) is 10.6. The highest BCUT2D eigenvalue weighted by molar-refractivity contribution is 5.27. The molecule has 0 bridgehead atoms. The van der Waals surface area contributed by atoms with Crippen molar-refractivity contribution in [1.82, 2.24) is 0 Å². The number of benzene rings is 1. The quantitative estimate of drug-likeness (QED) is 0.865. The van der Waals surface area contributed by atoms with Crippen LogP contribution in [-0.2, 0) is 4.74 Å². The standard InChI is InChI=1S/C15H22O2/c1-12-7-5-6-10-14(12)15(16)11-17-13-8-3-2-4-9-13/h5-7,10,13,15-16H,2-4,8-9,11H2,1H3. The molecule has 1 fully saturated rings. The second-order valence-electron chi connectivity index (χ2n) is 4.97. The van der Waals surface area contributed by atoms with Crippen molar-refractivity contribution in [3.8, 4) is 0 Å². The number of hydrogen-bond acceptors (Lipinski definition) is 2. The van der Waals surface area contributed by atoms with Crippen LogP contribution in [0.3, 0.4) is 0 Å². The summed E-state index contributed by atoms with van der Waals surface area (Å²) in [5, 5.41) is 10.1. The first-order valence-electron chi connectivity index (χ1n) is 6.62. The monoisotopic (exact) mass is 234 g/mol. The summed E-state index contributed by atoms with van der Waals surface area (Å²) in [7, 11) is 0. The first kappa shape index (κ1) is 12.6. The van der Waals surface area contributed by atoms with E-state index in [1.54, 1.807) is 0 Å². The molecule has 0 spiro atoms. The molecule has 1 aromatic carbocycles. The van der Waals surface area contributed by atoms with Gasteiger partial charge in [-0.05, 0) is 30.9 Å². The van der Waals surface area contributed by atoms with E-state index in [2.05, 4.69) is 0 Å². The van der Waals surface area contributed by atoms with E-state index in [1.165, 1.54) is 19.3 Å². The van der Waals surface area contributed by atoms with Crippen LogP contribution in [0.25, 0.3) is 0 Å². The minimum absolute atomic E-state index is 0.363. The third kappa shape index (κ3) is 3.55. The van der Waals surface area contributed by atoms with Crippen molar-refractivity contribution in [3.05, 3.63) is 35.4 Å². The van der Waals surface area contributed by atoms with Crippen molar-refractivity contribution >= 4 is 0 Å². The summed E-state index contributed by atoms with van der Waals surface area (Å²) in [5.41, 5.74) is 2.12. The normalized spacial score (nSPS) is 19.2. The predicted octanol–water partition coefficient (Wildman–Crippen LogP) is 3.38. The minimum atomic E-state index is -0.488. The van der Waals surface area contributed by atoms with Gasteiger partial charge >= 0.3 is 0 Å². The molecule has 0 saturated heterocycles. The van der Waals surface area contributed by atoms with Crippen LogP contribution in [0.5, 0.6) is 0 Å². The third-order valence-corrected chi connectivity index (χ3v) is 3.59. The lowest BCUT2D eigenvalue weighted by molar-refractivity contribution is -0.0247. The summed E-state index contributed by atoms with van der Waals surface area (Å²) in [6, 6.07) is 7.96. The molecule has 2 nitrogen and oxygen atoms in total. The molecule has 0 heterocycles. The van der Waals surface area contributed by atoms with E-state index in [-0.39, 0.29) is 0 Å². The lowest BCUT2D eigenvalue weighted by Gasteiger charge is -2.24. The molecule has 94 valence electrons. The van der Waals surface area contributed by atoms with Gasteiger partial charge in [-0.3, -0.25) is 0 Å². The van der Waals surface area contributed by atoms with E-state index in [1.807, 2.05) is 31.2 Å². The number of aliphatic hydroxyl groups is 1. The molecule has 0 aliphatic heterocycles. The van der Waals surface area contributed by atoms with E-state index in [0.29, 0.717) is 12.7 Å². The second kappa shape index (κ2) is 6.18. The lowest BCUT2D eigenvalue weighted by Crippen LogP contribution is -2.20. The molecule has 17 heavy (non-hydrogen) atoms. The van der Waals surface area contributed by atoms with Crippen molar-refractivity contribution in [2.24, 2.45) is 0 Å². The van der Waals surface area contributed by atoms with Crippen LogP contribution in [0, 0.1) is 6.92 Å². The van der Waals surface area contributed by atoms with Crippen molar-refractivity contribution < 1.29 is 9.84 Å². The Morgan fingerprint density at radius 3 is 2.65 bits per heavy atom. The largest absolute Gasteiger partial charge is 0.386 e. The van der Waals surface area contributed by atoms with Gasteiger partial charge in [0.25, 0.3) is 0 Å². The van der Waals surface area contributed by atoms with E-state index < -0.39 is 6.10 Å². The molecule has 1 aromatic rings. The highest BCUT2D eigenvalue weighted by atomic mass is 16.5. The Labute approximate surface area is 104 Å². The van der Waals surface area contributed by atoms with Gasteiger partial charge < -0.3 is 9.84 Å². The van der Waals surface area contributed by atoms with E-state index in [4.69, 9.17) is 4.74 Å². The number of rotatable bonds is 4. The highest BCUT2D eigenvalue weighted by Gasteiger charge is 2.16. The second-order valence-corrected chi connectivity index (χ2v) is 4.97. The summed E-state index contributed by atoms with van der Waals surface area (Å²) in [6.45, 7) is 2.45. The van der Waals surface area contributed by atoms with Crippen LogP contribution < -0.4 is 0 Å². The smallest absolute Gasteiger partial charge is 0.103 e. The maximum absolute atomic E-state index is 10.1. The minimum Gasteiger partial charge on any atom is -0.386 e.